The fourth-order valence-electron chi connectivity index (χ4n) is 3.44. The van der Waals surface area contributed by atoms with Crippen LogP contribution in [-0.2, 0) is 21.2 Å². The number of amides is 1. The second kappa shape index (κ2) is 10.5. The van der Waals surface area contributed by atoms with Crippen LogP contribution in [0, 0.1) is 5.82 Å². The van der Waals surface area contributed by atoms with E-state index < -0.39 is 34.5 Å². The zero-order valence-electron chi connectivity index (χ0n) is 17.7. The molecule has 1 aliphatic heterocycles. The van der Waals surface area contributed by atoms with Gasteiger partial charge in [-0.1, -0.05) is 18.6 Å². The van der Waals surface area contributed by atoms with Crippen molar-refractivity contribution >= 4 is 21.6 Å². The lowest BCUT2D eigenvalue weighted by atomic mass is 10.1. The van der Waals surface area contributed by atoms with Crippen LogP contribution in [0.1, 0.15) is 31.2 Å². The summed E-state index contributed by atoms with van der Waals surface area (Å²) in [7, 11) is -3.55. The van der Waals surface area contributed by atoms with Gasteiger partial charge in [0.2, 0.25) is 15.9 Å². The first kappa shape index (κ1) is 25.0. The number of halogens is 4. The molecule has 11 heteroatoms. The summed E-state index contributed by atoms with van der Waals surface area (Å²) in [6, 6.07) is 9.04. The van der Waals surface area contributed by atoms with Crippen molar-refractivity contribution in [1.82, 2.24) is 4.31 Å². The zero-order chi connectivity index (χ0) is 24.1. The highest BCUT2D eigenvalue weighted by Gasteiger charge is 2.29. The maximum Gasteiger partial charge on any atom is 0.422 e. The number of nitrogens with zero attached hydrogens (tertiary/aromatic N) is 1. The summed E-state index contributed by atoms with van der Waals surface area (Å²) in [4.78, 5) is 12.5. The Hall–Kier alpha value is -2.66. The Morgan fingerprint density at radius 3 is 2.33 bits per heavy atom. The SMILES string of the molecule is O=C(CCc1ccc(S(=O)(=O)N2CCCCC2)cc1)Nc1cc(F)ccc1OCC(F)(F)F. The molecule has 1 N–H and O–H groups in total. The molecule has 1 heterocycles. The molecule has 6 nitrogen and oxygen atoms in total. The van der Waals surface area contributed by atoms with Gasteiger partial charge in [0.05, 0.1) is 10.6 Å². The maximum atomic E-state index is 13.5. The fourth-order valence-corrected chi connectivity index (χ4v) is 4.96. The molecule has 180 valence electrons. The van der Waals surface area contributed by atoms with Gasteiger partial charge in [0.25, 0.3) is 0 Å². The van der Waals surface area contributed by atoms with Gasteiger partial charge < -0.3 is 10.1 Å². The van der Waals surface area contributed by atoms with Crippen LogP contribution < -0.4 is 10.1 Å². The van der Waals surface area contributed by atoms with Crippen molar-refractivity contribution < 1.29 is 35.5 Å². The predicted molar refractivity (Wildman–Crippen MR) is 114 cm³/mol. The number of sulfonamides is 1. The minimum atomic E-state index is -4.58. The number of alkyl halides is 3. The monoisotopic (exact) mass is 488 g/mol. The lowest BCUT2D eigenvalue weighted by molar-refractivity contribution is -0.153. The Kier molecular flexibility index (Phi) is 7.96. The number of rotatable bonds is 8. The lowest BCUT2D eigenvalue weighted by Gasteiger charge is -2.25. The Balaban J connectivity index is 1.58. The van der Waals surface area contributed by atoms with E-state index in [-0.39, 0.29) is 29.2 Å². The van der Waals surface area contributed by atoms with Gasteiger partial charge in [0, 0.05) is 25.6 Å². The zero-order valence-corrected chi connectivity index (χ0v) is 18.5. The van der Waals surface area contributed by atoms with Crippen molar-refractivity contribution in [1.29, 1.82) is 0 Å². The van der Waals surface area contributed by atoms with E-state index in [0.29, 0.717) is 18.7 Å². The Labute approximate surface area is 189 Å². The third-order valence-corrected chi connectivity index (χ3v) is 7.04. The van der Waals surface area contributed by atoms with Crippen LogP contribution >= 0.6 is 0 Å². The van der Waals surface area contributed by atoms with Gasteiger partial charge in [-0.25, -0.2) is 12.8 Å². The number of aryl methyl sites for hydroxylation is 1. The van der Waals surface area contributed by atoms with Gasteiger partial charge in [-0.05, 0) is 49.1 Å². The topological polar surface area (TPSA) is 75.7 Å². The first-order valence-electron chi connectivity index (χ1n) is 10.4. The molecule has 2 aromatic rings. The van der Waals surface area contributed by atoms with Crippen LogP contribution in [0.5, 0.6) is 5.75 Å². The summed E-state index contributed by atoms with van der Waals surface area (Å²) in [6.45, 7) is -0.577. The smallest absolute Gasteiger partial charge is 0.422 e. The highest BCUT2D eigenvalue weighted by atomic mass is 32.2. The van der Waals surface area contributed by atoms with Crippen molar-refractivity contribution in [3.63, 3.8) is 0 Å². The molecule has 0 unspecified atom stereocenters. The number of piperidine rings is 1. The maximum absolute atomic E-state index is 13.5. The second-order valence-electron chi connectivity index (χ2n) is 7.70. The molecule has 0 saturated carbocycles. The number of hydrogen-bond donors (Lipinski definition) is 1. The van der Waals surface area contributed by atoms with Crippen molar-refractivity contribution in [2.45, 2.75) is 43.2 Å². The molecule has 2 aromatic carbocycles. The number of carbonyl (C=O) groups is 1. The molecule has 33 heavy (non-hydrogen) atoms. The molecule has 1 amide bonds. The van der Waals surface area contributed by atoms with E-state index in [1.165, 1.54) is 16.4 Å². The number of ether oxygens (including phenoxy) is 1. The average Bonchev–Trinajstić information content (AvgIpc) is 2.77. The fraction of sp³-hybridized carbons (Fsp3) is 0.409. The van der Waals surface area contributed by atoms with Crippen LogP contribution in [0.2, 0.25) is 0 Å². The van der Waals surface area contributed by atoms with Crippen molar-refractivity contribution in [3.8, 4) is 5.75 Å². The van der Waals surface area contributed by atoms with Gasteiger partial charge in [-0.2, -0.15) is 17.5 Å². The molecular weight excluding hydrogens is 464 g/mol. The third kappa shape index (κ3) is 7.16. The number of hydrogen-bond acceptors (Lipinski definition) is 4. The van der Waals surface area contributed by atoms with Crippen LogP contribution in [0.15, 0.2) is 47.4 Å². The Bertz CT molecular complexity index is 1070. The number of anilines is 1. The molecule has 1 saturated heterocycles. The summed E-state index contributed by atoms with van der Waals surface area (Å²) in [5.41, 5.74) is 0.503. The normalized spacial score (nSPS) is 15.3. The van der Waals surface area contributed by atoms with E-state index in [2.05, 4.69) is 10.1 Å². The first-order valence-corrected chi connectivity index (χ1v) is 11.9. The number of nitrogens with one attached hydrogen (secondary N) is 1. The van der Waals surface area contributed by atoms with Gasteiger partial charge in [-0.15, -0.1) is 0 Å². The van der Waals surface area contributed by atoms with E-state index in [0.717, 1.165) is 37.5 Å². The minimum Gasteiger partial charge on any atom is -0.482 e. The molecule has 0 atom stereocenters. The van der Waals surface area contributed by atoms with Crippen molar-refractivity contribution in [3.05, 3.63) is 53.8 Å². The van der Waals surface area contributed by atoms with E-state index in [4.69, 9.17) is 0 Å². The number of carbonyl (C=O) groups excluding carboxylic acids is 1. The van der Waals surface area contributed by atoms with Crippen LogP contribution in [0.4, 0.5) is 23.2 Å². The van der Waals surface area contributed by atoms with E-state index >= 15 is 0 Å². The van der Waals surface area contributed by atoms with Crippen LogP contribution in [0.3, 0.4) is 0 Å². The molecule has 3 rings (SSSR count). The Morgan fingerprint density at radius 2 is 1.70 bits per heavy atom. The minimum absolute atomic E-state index is 0.0482. The summed E-state index contributed by atoms with van der Waals surface area (Å²) in [5.74, 6) is -1.59. The first-order chi connectivity index (χ1) is 15.5. The van der Waals surface area contributed by atoms with Crippen LogP contribution in [0.25, 0.3) is 0 Å². The average molecular weight is 489 g/mol. The highest BCUT2D eigenvalue weighted by Crippen LogP contribution is 2.28. The molecule has 1 fully saturated rings. The van der Waals surface area contributed by atoms with E-state index in [1.54, 1.807) is 12.1 Å². The largest absolute Gasteiger partial charge is 0.482 e. The molecule has 0 aliphatic carbocycles. The lowest BCUT2D eigenvalue weighted by Crippen LogP contribution is -2.35. The van der Waals surface area contributed by atoms with Crippen molar-refractivity contribution in [2.24, 2.45) is 0 Å². The molecule has 1 aliphatic rings. The van der Waals surface area contributed by atoms with E-state index in [9.17, 15) is 30.8 Å². The Morgan fingerprint density at radius 1 is 1.03 bits per heavy atom. The van der Waals surface area contributed by atoms with E-state index in [1.807, 2.05) is 0 Å². The number of benzene rings is 2. The molecular formula is C22H24F4N2O4S. The van der Waals surface area contributed by atoms with Gasteiger partial charge >= 0.3 is 6.18 Å². The third-order valence-electron chi connectivity index (χ3n) is 5.12. The van der Waals surface area contributed by atoms with Gasteiger partial charge in [-0.3, -0.25) is 4.79 Å². The summed E-state index contributed by atoms with van der Waals surface area (Å²) in [6.07, 6.45) is -1.69. The summed E-state index contributed by atoms with van der Waals surface area (Å²) in [5, 5.41) is 2.36. The molecule has 0 aromatic heterocycles. The highest BCUT2D eigenvalue weighted by molar-refractivity contribution is 7.89. The predicted octanol–water partition coefficient (Wildman–Crippen LogP) is 4.51. The molecule has 0 bridgehead atoms. The summed E-state index contributed by atoms with van der Waals surface area (Å²) >= 11 is 0. The van der Waals surface area contributed by atoms with Gasteiger partial charge in [0.15, 0.2) is 6.61 Å². The second-order valence-corrected chi connectivity index (χ2v) is 9.64. The quantitative estimate of drug-likeness (QED) is 0.555. The molecule has 0 radical (unpaired) electrons. The summed E-state index contributed by atoms with van der Waals surface area (Å²) < 4.78 is 82.2. The van der Waals surface area contributed by atoms with Gasteiger partial charge in [0.1, 0.15) is 11.6 Å². The molecule has 0 spiro atoms. The van der Waals surface area contributed by atoms with Crippen molar-refractivity contribution in [2.75, 3.05) is 25.0 Å². The van der Waals surface area contributed by atoms with Crippen LogP contribution in [-0.4, -0.2) is 44.5 Å². The standard InChI is InChI=1S/C22H24F4N2O4S/c23-17-7-10-20(32-15-22(24,25)26)19(14-17)27-21(29)11-6-16-4-8-18(9-5-16)33(30,31)28-12-2-1-3-13-28/h4-5,7-10,14H,1-3,6,11-13,15H2,(H,27,29).